The van der Waals surface area contributed by atoms with Gasteiger partial charge in [-0.1, -0.05) is 0 Å². The molecule has 0 radical (unpaired) electrons. The van der Waals surface area contributed by atoms with Crippen molar-refractivity contribution in [1.82, 2.24) is 9.80 Å². The minimum Gasteiger partial charge on any atom is -0.309 e. The average Bonchev–Trinajstić information content (AvgIpc) is 1.87. The maximum atomic E-state index is 10.1. The molecule has 0 N–H and O–H groups in total. The number of nitrogens with zero attached hydrogens (tertiary/aromatic N) is 2. The van der Waals surface area contributed by atoms with E-state index in [1.807, 2.05) is 11.9 Å². The maximum absolute atomic E-state index is 10.1. The highest BCUT2D eigenvalue weighted by Gasteiger charge is 1.96. The third-order valence-corrected chi connectivity index (χ3v) is 1.53. The van der Waals surface area contributed by atoms with E-state index in [1.165, 1.54) is 0 Å². The summed E-state index contributed by atoms with van der Waals surface area (Å²) in [7, 11) is 6.07. The van der Waals surface area contributed by atoms with Crippen LogP contribution in [0.3, 0.4) is 0 Å². The Labute approximate surface area is 69.0 Å². The number of likely N-dealkylation sites (N-methyl/N-ethyl adjacent to an activating group) is 1. The van der Waals surface area contributed by atoms with Crippen molar-refractivity contribution in [2.24, 2.45) is 0 Å². The van der Waals surface area contributed by atoms with Crippen molar-refractivity contribution in [2.45, 2.75) is 6.42 Å². The SMILES string of the molecule is CN(C)CCCN(C)CC=O. The van der Waals surface area contributed by atoms with E-state index in [1.54, 1.807) is 0 Å². The molecule has 0 amide bonds. The maximum Gasteiger partial charge on any atom is 0.133 e. The molecule has 0 rings (SSSR count). The zero-order valence-corrected chi connectivity index (χ0v) is 7.71. The van der Waals surface area contributed by atoms with Gasteiger partial charge in [-0.2, -0.15) is 0 Å². The monoisotopic (exact) mass is 158 g/mol. The molecule has 0 fully saturated rings. The van der Waals surface area contributed by atoms with E-state index in [0.29, 0.717) is 6.54 Å². The van der Waals surface area contributed by atoms with Gasteiger partial charge in [-0.05, 0) is 40.7 Å². The van der Waals surface area contributed by atoms with Crippen molar-refractivity contribution < 1.29 is 4.79 Å². The summed E-state index contributed by atoms with van der Waals surface area (Å²) in [6.07, 6.45) is 2.06. The zero-order valence-electron chi connectivity index (χ0n) is 7.71. The molecule has 3 heteroatoms. The van der Waals surface area contributed by atoms with E-state index in [4.69, 9.17) is 0 Å². The standard InChI is InChI=1S/C8H18N2O/c1-9(2)5-4-6-10(3)7-8-11/h8H,4-7H2,1-3H3. The van der Waals surface area contributed by atoms with Gasteiger partial charge >= 0.3 is 0 Å². The van der Waals surface area contributed by atoms with E-state index in [9.17, 15) is 4.79 Å². The van der Waals surface area contributed by atoms with Crippen LogP contribution in [0.25, 0.3) is 0 Å². The Morgan fingerprint density at radius 2 is 1.82 bits per heavy atom. The van der Waals surface area contributed by atoms with Gasteiger partial charge in [0.05, 0.1) is 6.54 Å². The molecule has 0 aromatic carbocycles. The first kappa shape index (κ1) is 10.6. The van der Waals surface area contributed by atoms with Crippen LogP contribution < -0.4 is 0 Å². The third kappa shape index (κ3) is 7.49. The molecule has 11 heavy (non-hydrogen) atoms. The molecule has 0 aliphatic heterocycles. The minimum atomic E-state index is 0.549. The first-order valence-corrected chi connectivity index (χ1v) is 3.93. The highest BCUT2D eigenvalue weighted by Crippen LogP contribution is 1.87. The van der Waals surface area contributed by atoms with Crippen molar-refractivity contribution in [3.05, 3.63) is 0 Å². The van der Waals surface area contributed by atoms with Crippen LogP contribution >= 0.6 is 0 Å². The second kappa shape index (κ2) is 6.31. The predicted molar refractivity (Wildman–Crippen MR) is 46.7 cm³/mol. The molecule has 0 aromatic rings. The first-order chi connectivity index (χ1) is 5.16. The largest absolute Gasteiger partial charge is 0.309 e. The number of aldehydes is 1. The van der Waals surface area contributed by atoms with Crippen molar-refractivity contribution in [3.63, 3.8) is 0 Å². The predicted octanol–water partition coefficient (Wildman–Crippen LogP) is 0.0688. The molecule has 0 aromatic heterocycles. The fourth-order valence-corrected chi connectivity index (χ4v) is 0.875. The highest BCUT2D eigenvalue weighted by molar-refractivity contribution is 5.51. The Bertz CT molecular complexity index is 104. The van der Waals surface area contributed by atoms with Gasteiger partial charge in [0.1, 0.15) is 6.29 Å². The van der Waals surface area contributed by atoms with Crippen molar-refractivity contribution in [1.29, 1.82) is 0 Å². The molecular formula is C8H18N2O. The summed E-state index contributed by atoms with van der Waals surface area (Å²) >= 11 is 0. The summed E-state index contributed by atoms with van der Waals surface area (Å²) in [6.45, 7) is 2.63. The van der Waals surface area contributed by atoms with Gasteiger partial charge in [-0.15, -0.1) is 0 Å². The molecule has 0 unspecified atom stereocenters. The molecule has 0 saturated heterocycles. The highest BCUT2D eigenvalue weighted by atomic mass is 16.1. The summed E-state index contributed by atoms with van der Waals surface area (Å²) in [5.74, 6) is 0. The number of hydrogen-bond acceptors (Lipinski definition) is 3. The van der Waals surface area contributed by atoms with Gasteiger partial charge in [-0.25, -0.2) is 0 Å². The smallest absolute Gasteiger partial charge is 0.133 e. The summed E-state index contributed by atoms with van der Waals surface area (Å²) in [4.78, 5) is 14.2. The van der Waals surface area contributed by atoms with E-state index < -0.39 is 0 Å². The normalized spacial score (nSPS) is 11.0. The van der Waals surface area contributed by atoms with Crippen molar-refractivity contribution in [2.75, 3.05) is 40.8 Å². The minimum absolute atomic E-state index is 0.549. The van der Waals surface area contributed by atoms with Crippen LogP contribution in [0.2, 0.25) is 0 Å². The molecule has 0 bridgehead atoms. The molecule has 0 aliphatic carbocycles. The van der Waals surface area contributed by atoms with Crippen LogP contribution in [0.4, 0.5) is 0 Å². The Morgan fingerprint density at radius 3 is 2.27 bits per heavy atom. The summed E-state index contributed by atoms with van der Waals surface area (Å²) in [5, 5.41) is 0. The van der Waals surface area contributed by atoms with Crippen LogP contribution in [-0.4, -0.2) is 56.9 Å². The van der Waals surface area contributed by atoms with Crippen LogP contribution in [0.5, 0.6) is 0 Å². The van der Waals surface area contributed by atoms with Crippen LogP contribution in [0, 0.1) is 0 Å². The zero-order chi connectivity index (χ0) is 8.69. The van der Waals surface area contributed by atoms with E-state index in [2.05, 4.69) is 19.0 Å². The van der Waals surface area contributed by atoms with Crippen molar-refractivity contribution in [3.8, 4) is 0 Å². The van der Waals surface area contributed by atoms with Crippen molar-refractivity contribution >= 4 is 6.29 Å². The quantitative estimate of drug-likeness (QED) is 0.511. The van der Waals surface area contributed by atoms with E-state index in [0.717, 1.165) is 25.8 Å². The number of carbonyl (C=O) groups is 1. The fourth-order valence-electron chi connectivity index (χ4n) is 0.875. The molecule has 3 nitrogen and oxygen atoms in total. The van der Waals surface area contributed by atoms with Gasteiger partial charge in [0.25, 0.3) is 0 Å². The number of rotatable bonds is 6. The second-order valence-electron chi connectivity index (χ2n) is 3.09. The molecule has 0 heterocycles. The Morgan fingerprint density at radius 1 is 1.18 bits per heavy atom. The van der Waals surface area contributed by atoms with Gasteiger partial charge in [0.15, 0.2) is 0 Å². The topological polar surface area (TPSA) is 23.6 Å². The Kier molecular flexibility index (Phi) is 6.07. The summed E-state index contributed by atoms with van der Waals surface area (Å²) in [6, 6.07) is 0. The van der Waals surface area contributed by atoms with Crippen LogP contribution in [0.15, 0.2) is 0 Å². The molecule has 0 spiro atoms. The van der Waals surface area contributed by atoms with E-state index in [-0.39, 0.29) is 0 Å². The Balaban J connectivity index is 3.16. The van der Waals surface area contributed by atoms with Gasteiger partial charge < -0.3 is 9.69 Å². The van der Waals surface area contributed by atoms with E-state index >= 15 is 0 Å². The third-order valence-electron chi connectivity index (χ3n) is 1.53. The average molecular weight is 158 g/mol. The molecule has 0 atom stereocenters. The fraction of sp³-hybridized carbons (Fsp3) is 0.875. The second-order valence-corrected chi connectivity index (χ2v) is 3.09. The van der Waals surface area contributed by atoms with Gasteiger partial charge in [0, 0.05) is 0 Å². The van der Waals surface area contributed by atoms with Crippen LogP contribution in [-0.2, 0) is 4.79 Å². The number of carbonyl (C=O) groups excluding carboxylic acids is 1. The first-order valence-electron chi connectivity index (χ1n) is 3.93. The lowest BCUT2D eigenvalue weighted by atomic mass is 10.4. The van der Waals surface area contributed by atoms with Gasteiger partial charge in [-0.3, -0.25) is 4.90 Å². The van der Waals surface area contributed by atoms with Gasteiger partial charge in [0.2, 0.25) is 0 Å². The molecule has 0 saturated carbocycles. The summed E-state index contributed by atoms with van der Waals surface area (Å²) < 4.78 is 0. The number of hydrogen-bond donors (Lipinski definition) is 0. The molecule has 0 aliphatic rings. The van der Waals surface area contributed by atoms with Crippen LogP contribution in [0.1, 0.15) is 6.42 Å². The summed E-state index contributed by atoms with van der Waals surface area (Å²) in [5.41, 5.74) is 0. The molecule has 66 valence electrons. The lowest BCUT2D eigenvalue weighted by Gasteiger charge is -2.14. The lowest BCUT2D eigenvalue weighted by molar-refractivity contribution is -0.108. The Hall–Kier alpha value is -0.410. The molecular weight excluding hydrogens is 140 g/mol. The lowest BCUT2D eigenvalue weighted by Crippen LogP contribution is -2.25.